The fraction of sp³-hybridized carbons (Fsp3) is 0.889. The second-order valence-corrected chi connectivity index (χ2v) is 3.47. The van der Waals surface area contributed by atoms with Crippen molar-refractivity contribution < 1.29 is 19.4 Å². The Balaban J connectivity index is 2.03. The average molecular weight is 203 g/mol. The highest BCUT2D eigenvalue weighted by atomic mass is 16.5. The first-order valence-electron chi connectivity index (χ1n) is 4.78. The monoisotopic (exact) mass is 203 g/mol. The van der Waals surface area contributed by atoms with Crippen molar-refractivity contribution in [1.29, 1.82) is 0 Å². The maximum Gasteiger partial charge on any atom is 0.305 e. The molecule has 0 radical (unpaired) electrons. The second-order valence-electron chi connectivity index (χ2n) is 3.47. The molecule has 5 heteroatoms. The molecule has 1 saturated heterocycles. The van der Waals surface area contributed by atoms with Crippen molar-refractivity contribution in [1.82, 2.24) is 4.90 Å². The first-order chi connectivity index (χ1) is 6.68. The van der Waals surface area contributed by atoms with Crippen LogP contribution in [0.4, 0.5) is 0 Å². The molecule has 1 atom stereocenters. The molecule has 0 aromatic heterocycles. The third kappa shape index (κ3) is 4.55. The minimum Gasteiger partial charge on any atom is -0.481 e. The van der Waals surface area contributed by atoms with Gasteiger partial charge in [0.15, 0.2) is 0 Å². The summed E-state index contributed by atoms with van der Waals surface area (Å²) in [5, 5.41) is 8.37. The highest BCUT2D eigenvalue weighted by molar-refractivity contribution is 5.66. The minimum absolute atomic E-state index is 0.0581. The molecule has 1 N–H and O–H groups in total. The van der Waals surface area contributed by atoms with E-state index in [0.29, 0.717) is 6.61 Å². The van der Waals surface area contributed by atoms with E-state index in [1.165, 1.54) is 0 Å². The van der Waals surface area contributed by atoms with E-state index >= 15 is 0 Å². The molecule has 1 heterocycles. The van der Waals surface area contributed by atoms with Crippen molar-refractivity contribution in [3.8, 4) is 0 Å². The first-order valence-corrected chi connectivity index (χ1v) is 4.78. The SMILES string of the molecule is CN1CCOC(COCCC(=O)O)C1. The number of nitrogens with zero attached hydrogens (tertiary/aromatic N) is 1. The molecule has 0 aromatic carbocycles. The largest absolute Gasteiger partial charge is 0.481 e. The number of hydrogen-bond donors (Lipinski definition) is 1. The van der Waals surface area contributed by atoms with E-state index in [9.17, 15) is 4.79 Å². The number of likely N-dealkylation sites (N-methyl/N-ethyl adjacent to an activating group) is 1. The van der Waals surface area contributed by atoms with E-state index in [0.717, 1.165) is 19.7 Å². The van der Waals surface area contributed by atoms with Crippen LogP contribution in [0, 0.1) is 0 Å². The molecule has 0 spiro atoms. The average Bonchev–Trinajstić information content (AvgIpc) is 2.12. The van der Waals surface area contributed by atoms with E-state index in [1.54, 1.807) is 0 Å². The summed E-state index contributed by atoms with van der Waals surface area (Å²) in [5.74, 6) is -0.827. The van der Waals surface area contributed by atoms with E-state index in [2.05, 4.69) is 4.90 Å². The van der Waals surface area contributed by atoms with Crippen LogP contribution >= 0.6 is 0 Å². The molecule has 1 rings (SSSR count). The standard InChI is InChI=1S/C9H17NO4/c1-10-3-5-14-8(6-10)7-13-4-2-9(11)12/h8H,2-7H2,1H3,(H,11,12). The van der Waals surface area contributed by atoms with E-state index in [1.807, 2.05) is 7.05 Å². The first kappa shape index (κ1) is 11.4. The number of carbonyl (C=O) groups is 1. The summed E-state index contributed by atoms with van der Waals surface area (Å²) in [5.41, 5.74) is 0. The minimum atomic E-state index is -0.827. The molecule has 0 aliphatic carbocycles. The van der Waals surface area contributed by atoms with Gasteiger partial charge in [-0.3, -0.25) is 4.79 Å². The topological polar surface area (TPSA) is 59.0 Å². The number of aliphatic carboxylic acids is 1. The van der Waals surface area contributed by atoms with Gasteiger partial charge in [-0.25, -0.2) is 0 Å². The molecule has 5 nitrogen and oxygen atoms in total. The Morgan fingerprint density at radius 3 is 3.14 bits per heavy atom. The van der Waals surface area contributed by atoms with Crippen molar-refractivity contribution in [2.24, 2.45) is 0 Å². The van der Waals surface area contributed by atoms with Gasteiger partial charge in [-0.2, -0.15) is 0 Å². The molecule has 1 unspecified atom stereocenters. The summed E-state index contributed by atoms with van der Waals surface area (Å²) in [4.78, 5) is 12.4. The van der Waals surface area contributed by atoms with Crippen LogP contribution in [0.5, 0.6) is 0 Å². The van der Waals surface area contributed by atoms with Crippen LogP contribution in [0.1, 0.15) is 6.42 Å². The van der Waals surface area contributed by atoms with Gasteiger partial charge in [-0.1, -0.05) is 0 Å². The quantitative estimate of drug-likeness (QED) is 0.627. The molecule has 14 heavy (non-hydrogen) atoms. The summed E-state index contributed by atoms with van der Waals surface area (Å²) in [6.45, 7) is 3.28. The third-order valence-corrected chi connectivity index (χ3v) is 2.11. The number of rotatable bonds is 5. The number of carboxylic acids is 1. The Morgan fingerprint density at radius 1 is 1.71 bits per heavy atom. The van der Waals surface area contributed by atoms with Gasteiger partial charge in [-0.15, -0.1) is 0 Å². The lowest BCUT2D eigenvalue weighted by Crippen LogP contribution is -2.42. The smallest absolute Gasteiger partial charge is 0.305 e. The highest BCUT2D eigenvalue weighted by Crippen LogP contribution is 2.03. The molecule has 1 fully saturated rings. The summed E-state index contributed by atoms with van der Waals surface area (Å²) >= 11 is 0. The van der Waals surface area contributed by atoms with Gasteiger partial charge < -0.3 is 19.5 Å². The molecular weight excluding hydrogens is 186 g/mol. The maximum atomic E-state index is 10.2. The van der Waals surface area contributed by atoms with Crippen LogP contribution in [0.3, 0.4) is 0 Å². The molecule has 0 saturated carbocycles. The lowest BCUT2D eigenvalue weighted by atomic mass is 10.3. The Kier molecular flexibility index (Phi) is 4.86. The van der Waals surface area contributed by atoms with Crippen molar-refractivity contribution in [3.05, 3.63) is 0 Å². The van der Waals surface area contributed by atoms with Gasteiger partial charge in [0.1, 0.15) is 0 Å². The van der Waals surface area contributed by atoms with E-state index < -0.39 is 5.97 Å². The van der Waals surface area contributed by atoms with Crippen molar-refractivity contribution in [2.45, 2.75) is 12.5 Å². The number of morpholine rings is 1. The Hall–Kier alpha value is -0.650. The zero-order valence-corrected chi connectivity index (χ0v) is 8.44. The van der Waals surface area contributed by atoms with Gasteiger partial charge in [0, 0.05) is 13.1 Å². The number of carboxylic acid groups (broad SMARTS) is 1. The van der Waals surface area contributed by atoms with Gasteiger partial charge in [0.05, 0.1) is 32.3 Å². The normalized spacial score (nSPS) is 23.6. The van der Waals surface area contributed by atoms with Crippen LogP contribution in [0.2, 0.25) is 0 Å². The fourth-order valence-electron chi connectivity index (χ4n) is 1.34. The van der Waals surface area contributed by atoms with Crippen LogP contribution < -0.4 is 0 Å². The van der Waals surface area contributed by atoms with Crippen molar-refractivity contribution in [3.63, 3.8) is 0 Å². The van der Waals surface area contributed by atoms with Gasteiger partial charge in [0.2, 0.25) is 0 Å². The Morgan fingerprint density at radius 2 is 2.50 bits per heavy atom. The predicted molar refractivity (Wildman–Crippen MR) is 50.3 cm³/mol. The van der Waals surface area contributed by atoms with Crippen LogP contribution in [-0.4, -0.2) is 62.0 Å². The molecular formula is C9H17NO4. The molecule has 0 bridgehead atoms. The summed E-state index contributed by atoms with van der Waals surface area (Å²) < 4.78 is 10.6. The molecule has 0 aromatic rings. The Bertz CT molecular complexity index is 186. The van der Waals surface area contributed by atoms with Crippen LogP contribution in [-0.2, 0) is 14.3 Å². The van der Waals surface area contributed by atoms with Crippen molar-refractivity contribution >= 4 is 5.97 Å². The van der Waals surface area contributed by atoms with E-state index in [-0.39, 0.29) is 19.1 Å². The van der Waals surface area contributed by atoms with E-state index in [4.69, 9.17) is 14.6 Å². The number of hydrogen-bond acceptors (Lipinski definition) is 4. The fourth-order valence-corrected chi connectivity index (χ4v) is 1.34. The maximum absolute atomic E-state index is 10.2. The van der Waals surface area contributed by atoms with Gasteiger partial charge in [0.25, 0.3) is 0 Å². The van der Waals surface area contributed by atoms with Gasteiger partial charge in [-0.05, 0) is 7.05 Å². The molecule has 1 aliphatic heterocycles. The Labute approximate surface area is 83.6 Å². The molecule has 1 aliphatic rings. The van der Waals surface area contributed by atoms with Crippen LogP contribution in [0.25, 0.3) is 0 Å². The predicted octanol–water partition coefficient (Wildman–Crippen LogP) is -0.192. The van der Waals surface area contributed by atoms with Crippen LogP contribution in [0.15, 0.2) is 0 Å². The zero-order chi connectivity index (χ0) is 10.4. The van der Waals surface area contributed by atoms with Gasteiger partial charge >= 0.3 is 5.97 Å². The summed E-state index contributed by atoms with van der Waals surface area (Å²) in [6, 6.07) is 0. The lowest BCUT2D eigenvalue weighted by Gasteiger charge is -2.29. The lowest BCUT2D eigenvalue weighted by molar-refractivity contribution is -0.138. The zero-order valence-electron chi connectivity index (χ0n) is 8.44. The summed E-state index contributed by atoms with van der Waals surface area (Å²) in [7, 11) is 2.03. The molecule has 82 valence electrons. The second kappa shape index (κ2) is 5.95. The highest BCUT2D eigenvalue weighted by Gasteiger charge is 2.17. The number of ether oxygens (including phenoxy) is 2. The molecule has 0 amide bonds. The van der Waals surface area contributed by atoms with Crippen molar-refractivity contribution in [2.75, 3.05) is 40.0 Å². The third-order valence-electron chi connectivity index (χ3n) is 2.11. The summed E-state index contributed by atoms with van der Waals surface area (Å²) in [6.07, 6.45) is 0.144.